The van der Waals surface area contributed by atoms with Crippen LogP contribution in [-0.4, -0.2) is 21.5 Å². The molecule has 180 valence electrons. The Morgan fingerprint density at radius 2 is 1.37 bits per heavy atom. The number of carbonyl (C=O) groups is 2. The second-order valence-electron chi connectivity index (χ2n) is 8.75. The summed E-state index contributed by atoms with van der Waals surface area (Å²) in [7, 11) is 0. The summed E-state index contributed by atoms with van der Waals surface area (Å²) in [5.41, 5.74) is 3.39. The molecule has 0 aliphatic carbocycles. The molecule has 35 heavy (non-hydrogen) atoms. The fraction of sp³-hybridized carbons (Fsp3) is 0.241. The van der Waals surface area contributed by atoms with Gasteiger partial charge in [0.1, 0.15) is 5.69 Å². The summed E-state index contributed by atoms with van der Waals surface area (Å²) in [6.45, 7) is 4.29. The highest BCUT2D eigenvalue weighted by Gasteiger charge is 2.37. The van der Waals surface area contributed by atoms with Gasteiger partial charge in [0.25, 0.3) is 5.91 Å². The summed E-state index contributed by atoms with van der Waals surface area (Å²) in [6.07, 6.45) is 5.33. The van der Waals surface area contributed by atoms with E-state index in [-0.39, 0.29) is 11.9 Å². The van der Waals surface area contributed by atoms with E-state index in [1.165, 1.54) is 0 Å². The molecule has 0 unspecified atom stereocenters. The average molecular weight is 469 g/mol. The fourth-order valence-corrected chi connectivity index (χ4v) is 4.82. The van der Waals surface area contributed by atoms with Crippen molar-refractivity contribution >= 4 is 23.3 Å². The van der Waals surface area contributed by atoms with Crippen molar-refractivity contribution in [2.45, 2.75) is 44.9 Å². The van der Waals surface area contributed by atoms with Crippen molar-refractivity contribution in [1.82, 2.24) is 9.55 Å². The first-order chi connectivity index (χ1) is 17.1. The molecule has 0 radical (unpaired) electrons. The first-order valence-electron chi connectivity index (χ1n) is 12.2. The van der Waals surface area contributed by atoms with Crippen LogP contribution in [0.1, 0.15) is 61.4 Å². The Hall–Kier alpha value is -4.06. The Balaban J connectivity index is 1.68. The Morgan fingerprint density at radius 3 is 1.97 bits per heavy atom. The highest BCUT2D eigenvalue weighted by atomic mass is 16.2. The first kappa shape index (κ1) is 24.1. The largest absolute Gasteiger partial charge is 0.354 e. The van der Waals surface area contributed by atoms with Crippen LogP contribution in [0.5, 0.6) is 0 Å². The number of aromatic amines is 1. The van der Waals surface area contributed by atoms with E-state index in [2.05, 4.69) is 29.5 Å². The van der Waals surface area contributed by atoms with Crippen molar-refractivity contribution < 1.29 is 9.59 Å². The molecule has 6 nitrogen and oxygen atoms in total. The molecule has 2 aromatic heterocycles. The molecule has 0 aliphatic rings. The van der Waals surface area contributed by atoms with Crippen molar-refractivity contribution in [2.24, 2.45) is 0 Å². The summed E-state index contributed by atoms with van der Waals surface area (Å²) in [6, 6.07) is 26.4. The average Bonchev–Trinajstić information content (AvgIpc) is 3.56. The lowest BCUT2D eigenvalue weighted by molar-refractivity contribution is 0.102. The molecule has 3 N–H and O–H groups in total. The number of hydrogen-bond acceptors (Lipinski definition) is 2. The van der Waals surface area contributed by atoms with Gasteiger partial charge in [-0.1, -0.05) is 63.1 Å². The van der Waals surface area contributed by atoms with Gasteiger partial charge in [-0.3, -0.25) is 9.36 Å². The van der Waals surface area contributed by atoms with E-state index in [9.17, 15) is 9.59 Å². The van der Waals surface area contributed by atoms with E-state index in [0.29, 0.717) is 5.69 Å². The minimum absolute atomic E-state index is 0.193. The van der Waals surface area contributed by atoms with Crippen LogP contribution < -0.4 is 10.6 Å². The van der Waals surface area contributed by atoms with Gasteiger partial charge in [0.05, 0.1) is 5.41 Å². The number of rotatable bonds is 9. The third-order valence-corrected chi connectivity index (χ3v) is 6.31. The van der Waals surface area contributed by atoms with Gasteiger partial charge in [-0.05, 0) is 61.4 Å². The van der Waals surface area contributed by atoms with E-state index in [0.717, 1.165) is 48.4 Å². The fourth-order valence-electron chi connectivity index (χ4n) is 4.82. The maximum absolute atomic E-state index is 13.3. The Morgan fingerprint density at radius 1 is 0.771 bits per heavy atom. The summed E-state index contributed by atoms with van der Waals surface area (Å²) in [4.78, 5) is 29.6. The van der Waals surface area contributed by atoms with Crippen LogP contribution in [0, 0.1) is 0 Å². The number of anilines is 2. The monoisotopic (exact) mass is 468 g/mol. The van der Waals surface area contributed by atoms with Crippen molar-refractivity contribution in [1.29, 1.82) is 0 Å². The van der Waals surface area contributed by atoms with E-state index >= 15 is 0 Å². The van der Waals surface area contributed by atoms with Crippen molar-refractivity contribution in [3.63, 3.8) is 0 Å². The molecule has 2 aromatic carbocycles. The number of hydrogen-bond donors (Lipinski definition) is 3. The number of aromatic nitrogens is 2. The number of para-hydroxylation sites is 2. The van der Waals surface area contributed by atoms with Crippen LogP contribution >= 0.6 is 0 Å². The van der Waals surface area contributed by atoms with Crippen LogP contribution in [0.2, 0.25) is 0 Å². The second kappa shape index (κ2) is 10.9. The molecule has 0 fully saturated rings. The number of nitrogens with one attached hydrogen (secondary N) is 3. The zero-order chi connectivity index (χ0) is 24.7. The van der Waals surface area contributed by atoms with Gasteiger partial charge in [0, 0.05) is 29.0 Å². The zero-order valence-corrected chi connectivity index (χ0v) is 20.3. The van der Waals surface area contributed by atoms with E-state index in [1.54, 1.807) is 10.8 Å². The lowest BCUT2D eigenvalue weighted by Crippen LogP contribution is -2.34. The SMILES string of the molecule is CCCC(CCC)(c1ccc(C(=O)Nc2ccccc2)[nH]1)c1cccn1C(=O)Nc1ccccc1. The van der Waals surface area contributed by atoms with Crippen molar-refractivity contribution in [2.75, 3.05) is 10.6 Å². The lowest BCUT2D eigenvalue weighted by atomic mass is 9.73. The molecular formula is C29H32N4O2. The number of carbonyl (C=O) groups excluding carboxylic acids is 2. The summed E-state index contributed by atoms with van der Waals surface area (Å²) < 4.78 is 1.70. The zero-order valence-electron chi connectivity index (χ0n) is 20.3. The predicted octanol–water partition coefficient (Wildman–Crippen LogP) is 7.04. The van der Waals surface area contributed by atoms with Gasteiger partial charge in [0.15, 0.2) is 0 Å². The minimum atomic E-state index is -0.438. The van der Waals surface area contributed by atoms with Gasteiger partial charge >= 0.3 is 6.03 Å². The van der Waals surface area contributed by atoms with Gasteiger partial charge in [0.2, 0.25) is 0 Å². The molecule has 0 spiro atoms. The summed E-state index contributed by atoms with van der Waals surface area (Å²) in [5.74, 6) is -0.193. The molecular weight excluding hydrogens is 436 g/mol. The molecule has 0 aliphatic heterocycles. The number of nitrogens with zero attached hydrogens (tertiary/aromatic N) is 1. The molecule has 0 saturated carbocycles. The van der Waals surface area contributed by atoms with Crippen LogP contribution in [0.15, 0.2) is 91.1 Å². The normalized spacial score (nSPS) is 11.3. The third kappa shape index (κ3) is 5.22. The minimum Gasteiger partial charge on any atom is -0.354 e. The molecule has 0 bridgehead atoms. The van der Waals surface area contributed by atoms with Crippen LogP contribution in [-0.2, 0) is 5.41 Å². The maximum atomic E-state index is 13.3. The van der Waals surface area contributed by atoms with Crippen LogP contribution in [0.4, 0.5) is 16.2 Å². The molecule has 2 heterocycles. The smallest absolute Gasteiger partial charge is 0.330 e. The number of H-pyrrole nitrogens is 1. The van der Waals surface area contributed by atoms with Gasteiger partial charge in [-0.25, -0.2) is 4.79 Å². The van der Waals surface area contributed by atoms with Gasteiger partial charge in [-0.15, -0.1) is 0 Å². The predicted molar refractivity (Wildman–Crippen MR) is 141 cm³/mol. The molecule has 6 heteroatoms. The first-order valence-corrected chi connectivity index (χ1v) is 12.2. The number of amides is 2. The highest BCUT2D eigenvalue weighted by Crippen LogP contribution is 2.41. The standard InChI is InChI=1S/C29H32N4O2/c1-3-19-29(20-4-2,25-18-17-24(32-25)27(34)30-22-12-7-5-8-13-22)26-16-11-21-33(26)28(35)31-23-14-9-6-10-15-23/h5-18,21,32H,3-4,19-20H2,1-2H3,(H,30,34)(H,31,35). The highest BCUT2D eigenvalue weighted by molar-refractivity contribution is 6.03. The molecule has 0 saturated heterocycles. The van der Waals surface area contributed by atoms with E-state index in [1.807, 2.05) is 84.9 Å². The quantitative estimate of drug-likeness (QED) is 0.246. The van der Waals surface area contributed by atoms with Gasteiger partial charge < -0.3 is 15.6 Å². The molecule has 2 amide bonds. The molecule has 4 rings (SSSR count). The third-order valence-electron chi connectivity index (χ3n) is 6.31. The van der Waals surface area contributed by atoms with E-state index < -0.39 is 5.41 Å². The van der Waals surface area contributed by atoms with Crippen molar-refractivity contribution in [3.8, 4) is 0 Å². The summed E-state index contributed by atoms with van der Waals surface area (Å²) in [5, 5.41) is 5.93. The second-order valence-corrected chi connectivity index (χ2v) is 8.75. The summed E-state index contributed by atoms with van der Waals surface area (Å²) >= 11 is 0. The Bertz CT molecular complexity index is 1250. The van der Waals surface area contributed by atoms with Gasteiger partial charge in [-0.2, -0.15) is 0 Å². The molecule has 4 aromatic rings. The lowest BCUT2D eigenvalue weighted by Gasteiger charge is -2.34. The Labute approximate surface area is 206 Å². The maximum Gasteiger partial charge on any atom is 0.330 e. The topological polar surface area (TPSA) is 78.9 Å². The Kier molecular flexibility index (Phi) is 7.51. The number of benzene rings is 2. The van der Waals surface area contributed by atoms with Crippen molar-refractivity contribution in [3.05, 3.63) is 108 Å². The van der Waals surface area contributed by atoms with Crippen LogP contribution in [0.3, 0.4) is 0 Å². The van der Waals surface area contributed by atoms with E-state index in [4.69, 9.17) is 0 Å². The van der Waals surface area contributed by atoms with Crippen LogP contribution in [0.25, 0.3) is 0 Å². The molecule has 0 atom stereocenters.